The molecule has 2 rings (SSSR count). The molecule has 5 nitrogen and oxygen atoms in total. The first-order valence-electron chi connectivity index (χ1n) is 6.16. The van der Waals surface area contributed by atoms with Crippen molar-refractivity contribution in [1.29, 1.82) is 0 Å². The van der Waals surface area contributed by atoms with Crippen LogP contribution in [-0.4, -0.2) is 10.9 Å². The number of nitrogens with zero attached hydrogens (tertiary/aromatic N) is 1. The Labute approximate surface area is 140 Å². The second kappa shape index (κ2) is 9.04. The standard InChI is InChI=1S/C13H17N3O2S.2ClH/c1-3-12-16-11(7-19-12)8(2)15-13(17)9-4-10(5-14)18-6-9;;/h4,6-8H,3,5,14H2,1-2H3,(H,15,17);2*1H. The van der Waals surface area contributed by atoms with Gasteiger partial charge in [0.2, 0.25) is 0 Å². The number of amides is 1. The van der Waals surface area contributed by atoms with Crippen molar-refractivity contribution in [3.8, 4) is 0 Å². The molecule has 1 amide bonds. The number of carbonyl (C=O) groups is 1. The summed E-state index contributed by atoms with van der Waals surface area (Å²) in [6, 6.07) is 1.53. The topological polar surface area (TPSA) is 81.2 Å². The number of halogens is 2. The van der Waals surface area contributed by atoms with Crippen LogP contribution >= 0.6 is 36.2 Å². The van der Waals surface area contributed by atoms with Gasteiger partial charge in [-0.15, -0.1) is 36.2 Å². The van der Waals surface area contributed by atoms with Crippen LogP contribution in [0.1, 0.15) is 46.7 Å². The van der Waals surface area contributed by atoms with Crippen molar-refractivity contribution in [1.82, 2.24) is 10.3 Å². The van der Waals surface area contributed by atoms with Crippen molar-refractivity contribution in [2.24, 2.45) is 5.73 Å². The molecule has 0 spiro atoms. The Kier molecular flexibility index (Phi) is 8.58. The van der Waals surface area contributed by atoms with Crippen LogP contribution in [0.3, 0.4) is 0 Å². The maximum atomic E-state index is 12.0. The van der Waals surface area contributed by atoms with E-state index in [0.717, 1.165) is 17.1 Å². The number of hydrogen-bond donors (Lipinski definition) is 2. The number of thiazole rings is 1. The summed E-state index contributed by atoms with van der Waals surface area (Å²) >= 11 is 1.61. The molecule has 0 aliphatic rings. The second-order valence-corrected chi connectivity index (χ2v) is 5.16. The van der Waals surface area contributed by atoms with E-state index >= 15 is 0 Å². The fourth-order valence-electron chi connectivity index (χ4n) is 1.65. The largest absolute Gasteiger partial charge is 0.467 e. The van der Waals surface area contributed by atoms with Crippen molar-refractivity contribution in [2.45, 2.75) is 32.9 Å². The van der Waals surface area contributed by atoms with Gasteiger partial charge in [0, 0.05) is 5.38 Å². The van der Waals surface area contributed by atoms with Gasteiger partial charge in [-0.1, -0.05) is 6.92 Å². The molecular weight excluding hydrogens is 333 g/mol. The molecule has 2 heterocycles. The maximum absolute atomic E-state index is 12.0. The summed E-state index contributed by atoms with van der Waals surface area (Å²) in [4.78, 5) is 16.5. The molecule has 0 bridgehead atoms. The zero-order valence-corrected chi connectivity index (χ0v) is 14.2. The third-order valence-corrected chi connectivity index (χ3v) is 3.79. The lowest BCUT2D eigenvalue weighted by atomic mass is 10.2. The number of aryl methyl sites for hydroxylation is 1. The van der Waals surface area contributed by atoms with E-state index in [-0.39, 0.29) is 43.3 Å². The van der Waals surface area contributed by atoms with E-state index in [9.17, 15) is 4.79 Å². The quantitative estimate of drug-likeness (QED) is 0.866. The van der Waals surface area contributed by atoms with Gasteiger partial charge in [0.1, 0.15) is 12.0 Å². The minimum absolute atomic E-state index is 0. The number of aromatic nitrogens is 1. The van der Waals surface area contributed by atoms with Gasteiger partial charge in [0.25, 0.3) is 5.91 Å². The van der Waals surface area contributed by atoms with Crippen molar-refractivity contribution in [3.05, 3.63) is 39.7 Å². The van der Waals surface area contributed by atoms with Gasteiger partial charge in [-0.2, -0.15) is 0 Å². The summed E-state index contributed by atoms with van der Waals surface area (Å²) in [5.41, 5.74) is 6.81. The molecule has 0 aromatic carbocycles. The zero-order chi connectivity index (χ0) is 13.8. The van der Waals surface area contributed by atoms with Crippen LogP contribution in [0.4, 0.5) is 0 Å². The summed E-state index contributed by atoms with van der Waals surface area (Å²) in [5.74, 6) is 0.418. The third-order valence-electron chi connectivity index (χ3n) is 2.78. The van der Waals surface area contributed by atoms with E-state index < -0.39 is 0 Å². The molecular formula is C13H19Cl2N3O2S. The number of carbonyl (C=O) groups excluding carboxylic acids is 1. The van der Waals surface area contributed by atoms with Gasteiger partial charge in [-0.05, 0) is 19.4 Å². The molecule has 21 heavy (non-hydrogen) atoms. The normalized spacial score (nSPS) is 11.2. The Hall–Kier alpha value is -1.08. The van der Waals surface area contributed by atoms with E-state index in [2.05, 4.69) is 17.2 Å². The van der Waals surface area contributed by atoms with Gasteiger partial charge in [-0.3, -0.25) is 4.79 Å². The Balaban J connectivity index is 0.00000200. The lowest BCUT2D eigenvalue weighted by molar-refractivity contribution is 0.0938. The van der Waals surface area contributed by atoms with Crippen LogP contribution in [0.2, 0.25) is 0 Å². The summed E-state index contributed by atoms with van der Waals surface area (Å²) in [7, 11) is 0. The lowest BCUT2D eigenvalue weighted by Gasteiger charge is -2.10. The Morgan fingerprint density at radius 3 is 2.76 bits per heavy atom. The van der Waals surface area contributed by atoms with Gasteiger partial charge in [0.05, 0.1) is 28.9 Å². The molecule has 0 aliphatic heterocycles. The van der Waals surface area contributed by atoms with Crippen LogP contribution in [0.5, 0.6) is 0 Å². The molecule has 1 atom stereocenters. The molecule has 0 radical (unpaired) electrons. The number of hydrogen-bond acceptors (Lipinski definition) is 5. The summed E-state index contributed by atoms with van der Waals surface area (Å²) in [6.45, 7) is 4.26. The van der Waals surface area contributed by atoms with Crippen LogP contribution in [-0.2, 0) is 13.0 Å². The van der Waals surface area contributed by atoms with Crippen molar-refractivity contribution < 1.29 is 9.21 Å². The predicted octanol–water partition coefficient (Wildman–Crippen LogP) is 3.09. The minimum Gasteiger partial charge on any atom is -0.467 e. The Morgan fingerprint density at radius 2 is 2.24 bits per heavy atom. The Bertz CT molecular complexity index is 571. The average molecular weight is 352 g/mol. The molecule has 1 unspecified atom stereocenters. The highest BCUT2D eigenvalue weighted by Gasteiger charge is 2.15. The molecule has 3 N–H and O–H groups in total. The number of nitrogens with one attached hydrogen (secondary N) is 1. The summed E-state index contributed by atoms with van der Waals surface area (Å²) in [5, 5.41) is 5.94. The molecule has 0 aliphatic carbocycles. The fraction of sp³-hybridized carbons (Fsp3) is 0.385. The highest BCUT2D eigenvalue weighted by Crippen LogP contribution is 2.17. The fourth-order valence-corrected chi connectivity index (χ4v) is 2.49. The first-order chi connectivity index (χ1) is 9.13. The van der Waals surface area contributed by atoms with Crippen LogP contribution in [0.25, 0.3) is 0 Å². The van der Waals surface area contributed by atoms with E-state index in [1.165, 1.54) is 6.26 Å². The average Bonchev–Trinajstić information content (AvgIpc) is 3.07. The molecule has 0 fully saturated rings. The lowest BCUT2D eigenvalue weighted by Crippen LogP contribution is -2.26. The Morgan fingerprint density at radius 1 is 1.52 bits per heavy atom. The predicted molar refractivity (Wildman–Crippen MR) is 88.5 cm³/mol. The van der Waals surface area contributed by atoms with Crippen LogP contribution in [0, 0.1) is 0 Å². The number of nitrogens with two attached hydrogens (primary N) is 1. The first kappa shape index (κ1) is 19.9. The molecule has 2 aromatic rings. The minimum atomic E-state index is -0.179. The van der Waals surface area contributed by atoms with E-state index in [1.54, 1.807) is 17.4 Å². The SMILES string of the molecule is CCc1nc(C(C)NC(=O)c2coc(CN)c2)cs1.Cl.Cl. The maximum Gasteiger partial charge on any atom is 0.255 e. The van der Waals surface area contributed by atoms with Crippen LogP contribution < -0.4 is 11.1 Å². The van der Waals surface area contributed by atoms with Gasteiger partial charge < -0.3 is 15.5 Å². The monoisotopic (exact) mass is 351 g/mol. The smallest absolute Gasteiger partial charge is 0.255 e. The number of rotatable bonds is 5. The van der Waals surface area contributed by atoms with E-state index in [1.807, 2.05) is 12.3 Å². The highest BCUT2D eigenvalue weighted by molar-refractivity contribution is 7.09. The van der Waals surface area contributed by atoms with Gasteiger partial charge in [-0.25, -0.2) is 4.98 Å². The third kappa shape index (κ3) is 5.00. The first-order valence-corrected chi connectivity index (χ1v) is 7.04. The zero-order valence-electron chi connectivity index (χ0n) is 11.8. The molecule has 0 saturated heterocycles. The van der Waals surface area contributed by atoms with E-state index in [0.29, 0.717) is 11.3 Å². The van der Waals surface area contributed by atoms with Gasteiger partial charge >= 0.3 is 0 Å². The van der Waals surface area contributed by atoms with Crippen LogP contribution in [0.15, 0.2) is 22.1 Å². The van der Waals surface area contributed by atoms with E-state index in [4.69, 9.17) is 10.2 Å². The highest BCUT2D eigenvalue weighted by atomic mass is 35.5. The van der Waals surface area contributed by atoms with Crippen molar-refractivity contribution >= 4 is 42.1 Å². The van der Waals surface area contributed by atoms with Crippen molar-refractivity contribution in [2.75, 3.05) is 0 Å². The molecule has 2 aromatic heterocycles. The summed E-state index contributed by atoms with van der Waals surface area (Å²) in [6.07, 6.45) is 2.33. The molecule has 0 saturated carbocycles. The van der Waals surface area contributed by atoms with Gasteiger partial charge in [0.15, 0.2) is 0 Å². The van der Waals surface area contributed by atoms with Crippen molar-refractivity contribution in [3.63, 3.8) is 0 Å². The number of furan rings is 1. The molecule has 118 valence electrons. The second-order valence-electron chi connectivity index (χ2n) is 4.22. The molecule has 8 heteroatoms. The summed E-state index contributed by atoms with van der Waals surface area (Å²) < 4.78 is 5.14.